The van der Waals surface area contributed by atoms with Crippen molar-refractivity contribution in [1.29, 1.82) is 0 Å². The molecule has 2 fully saturated rings. The highest BCUT2D eigenvalue weighted by Gasteiger charge is 2.48. The van der Waals surface area contributed by atoms with E-state index < -0.39 is 137 Å². The first-order chi connectivity index (χ1) is 42.9. The molecule has 0 spiro atoms. The van der Waals surface area contributed by atoms with Crippen molar-refractivity contribution in [2.45, 2.75) is 188 Å². The molecule has 2 aliphatic rings. The standard InChI is InChI=1S/C72H100N8O11/c1-17-46(9)58-69(87)77(14)59(44(5)6)64(82)73-54(38-43(3)4)67(85)79(16)62(72(11,12)90)71(89)91-61(47(10)18-2)70(88)78(15)60(45(7)8)65(83)74-55(40-48-28-21-19-22-29-48)66(84)76(13)57(68(86)80-37-27-36-56(80)63(81)75-58)41-49-30-25-33-51(39-49)53-35-26-34-52(42-53)50-31-23-20-24-32-50/h19-26,28-35,39,42-47,54-62,90H,17-18,27,36-38,40-41H2,1-16H3,(H,73,82)(H,74,83)(H,75,81)/t46?,47?,54-,55-,56-,57-,58-,59-,60-,61+,62+/m0/s1. The van der Waals surface area contributed by atoms with E-state index in [2.05, 4.69) is 22.0 Å². The second-order valence-electron chi connectivity index (χ2n) is 26.8. The van der Waals surface area contributed by atoms with E-state index >= 15 is 28.8 Å². The van der Waals surface area contributed by atoms with Gasteiger partial charge in [-0.25, -0.2) is 4.79 Å². The lowest BCUT2D eigenvalue weighted by Crippen LogP contribution is -2.63. The fourth-order valence-electron chi connectivity index (χ4n) is 12.7. The van der Waals surface area contributed by atoms with E-state index in [9.17, 15) is 19.5 Å². The zero-order valence-electron chi connectivity index (χ0n) is 56.4. The Balaban J connectivity index is 1.53. The molecule has 0 saturated carbocycles. The third kappa shape index (κ3) is 17.8. The summed E-state index contributed by atoms with van der Waals surface area (Å²) in [6.45, 7) is 20.7. The number of carbonyl (C=O) groups excluding carboxylic acids is 9. The second-order valence-corrected chi connectivity index (χ2v) is 26.8. The van der Waals surface area contributed by atoms with Gasteiger partial charge in [0.25, 0.3) is 5.91 Å². The lowest BCUT2D eigenvalue weighted by Gasteiger charge is -2.39. The van der Waals surface area contributed by atoms with Crippen LogP contribution in [0.5, 0.6) is 0 Å². The van der Waals surface area contributed by atoms with E-state index in [1.807, 2.05) is 119 Å². The summed E-state index contributed by atoms with van der Waals surface area (Å²) in [6, 6.07) is 24.6. The number of benzene rings is 4. The summed E-state index contributed by atoms with van der Waals surface area (Å²) in [5.74, 6) is -8.85. The Morgan fingerprint density at radius 1 is 0.527 bits per heavy atom. The number of esters is 1. The highest BCUT2D eigenvalue weighted by atomic mass is 16.6. The molecular formula is C72H100N8O11. The molecule has 0 aliphatic carbocycles. The summed E-state index contributed by atoms with van der Waals surface area (Å²) in [5.41, 5.74) is 3.21. The Morgan fingerprint density at radius 2 is 1.02 bits per heavy atom. The van der Waals surface area contributed by atoms with Crippen LogP contribution in [0.4, 0.5) is 0 Å². The summed E-state index contributed by atoms with van der Waals surface area (Å²) in [4.78, 5) is 143. The number of nitrogens with zero attached hydrogens (tertiary/aromatic N) is 5. The van der Waals surface area contributed by atoms with Gasteiger partial charge in [0.15, 0.2) is 12.1 Å². The number of fused-ring (bicyclic) bond motifs is 1. The van der Waals surface area contributed by atoms with Crippen LogP contribution in [0, 0.1) is 29.6 Å². The minimum atomic E-state index is -1.99. The number of likely N-dealkylation sites (N-methyl/N-ethyl adjacent to an activating group) is 4. The average Bonchev–Trinajstić information content (AvgIpc) is 2.18. The van der Waals surface area contributed by atoms with E-state index in [1.54, 1.807) is 53.7 Å². The number of carbonyl (C=O) groups is 9. The first-order valence-corrected chi connectivity index (χ1v) is 32.4. The summed E-state index contributed by atoms with van der Waals surface area (Å²) in [6.07, 6.45) is -0.0967. The van der Waals surface area contributed by atoms with Gasteiger partial charge < -0.3 is 50.3 Å². The van der Waals surface area contributed by atoms with E-state index in [4.69, 9.17) is 4.74 Å². The molecule has 0 aromatic heterocycles. The molecule has 0 bridgehead atoms. The van der Waals surface area contributed by atoms with Crippen LogP contribution >= 0.6 is 0 Å². The van der Waals surface area contributed by atoms with E-state index in [1.165, 1.54) is 61.6 Å². The van der Waals surface area contributed by atoms with Gasteiger partial charge in [-0.15, -0.1) is 0 Å². The summed E-state index contributed by atoms with van der Waals surface area (Å²) >= 11 is 0. The Hall–Kier alpha value is -7.93. The molecule has 2 aliphatic heterocycles. The monoisotopic (exact) mass is 1250 g/mol. The Morgan fingerprint density at radius 3 is 1.57 bits per heavy atom. The summed E-state index contributed by atoms with van der Waals surface area (Å²) in [7, 11) is 5.70. The SMILES string of the molecule is CCC(C)[C@@H]1NC(=O)[C@@H]2CCCN2C(=O)[C@H](Cc2cccc(-c3cccc(-c4ccccc4)c3)c2)N(C)C(=O)[C@H](Cc2ccccc2)NC(=O)[C@H](C(C)C)N(C)C(=O)[C@@H](C(C)CC)OC(=O)[C@H](C(C)(C)O)N(C)C(=O)[C@H](CC(C)C)NC(=O)[C@H](C(C)C)N(C)C1=O. The Bertz CT molecular complexity index is 3180. The zero-order valence-corrected chi connectivity index (χ0v) is 56.4. The third-order valence-corrected chi connectivity index (χ3v) is 18.2. The molecule has 2 heterocycles. The van der Waals surface area contributed by atoms with E-state index in [0.29, 0.717) is 30.4 Å². The molecule has 8 amide bonds. The quantitative estimate of drug-likeness (QED) is 0.0842. The highest BCUT2D eigenvalue weighted by Crippen LogP contribution is 2.31. The van der Waals surface area contributed by atoms with Crippen molar-refractivity contribution < 1.29 is 53.0 Å². The second kappa shape index (κ2) is 31.9. The number of amides is 8. The first kappa shape index (κ1) is 72.1. The predicted octanol–water partition coefficient (Wildman–Crippen LogP) is 7.71. The van der Waals surface area contributed by atoms with E-state index in [-0.39, 0.29) is 38.1 Å². The molecule has 6 rings (SSSR count). The van der Waals surface area contributed by atoms with Crippen molar-refractivity contribution >= 4 is 53.2 Å². The van der Waals surface area contributed by atoms with Gasteiger partial charge >= 0.3 is 5.97 Å². The van der Waals surface area contributed by atoms with Crippen molar-refractivity contribution in [3.8, 4) is 22.3 Å². The number of nitrogens with one attached hydrogen (secondary N) is 3. The van der Waals surface area contributed by atoms with Gasteiger partial charge in [0.05, 0.1) is 5.60 Å². The van der Waals surface area contributed by atoms with Crippen molar-refractivity contribution in [3.05, 3.63) is 120 Å². The van der Waals surface area contributed by atoms with Crippen molar-refractivity contribution in [2.75, 3.05) is 34.7 Å². The molecule has 91 heavy (non-hydrogen) atoms. The fourth-order valence-corrected chi connectivity index (χ4v) is 12.7. The van der Waals surface area contributed by atoms with Crippen molar-refractivity contribution in [2.24, 2.45) is 29.6 Å². The Labute approximate surface area is 539 Å². The van der Waals surface area contributed by atoms with Gasteiger partial charge in [0.2, 0.25) is 41.4 Å². The smallest absolute Gasteiger partial charge is 0.332 e. The number of ether oxygens (including phenoxy) is 1. The number of hydrogen-bond donors (Lipinski definition) is 4. The molecule has 0 radical (unpaired) electrons. The molecule has 494 valence electrons. The number of cyclic esters (lactones) is 1. The van der Waals surface area contributed by atoms with Gasteiger partial charge in [0, 0.05) is 53.5 Å². The molecule has 2 saturated heterocycles. The van der Waals surface area contributed by atoms with Gasteiger partial charge in [0.1, 0.15) is 42.3 Å². The van der Waals surface area contributed by atoms with E-state index in [0.717, 1.165) is 27.2 Å². The minimum absolute atomic E-state index is 0.0170. The van der Waals surface area contributed by atoms with Crippen LogP contribution < -0.4 is 16.0 Å². The average molecular weight is 1250 g/mol. The molecular weight excluding hydrogens is 1150 g/mol. The maximum Gasteiger partial charge on any atom is 0.332 e. The number of aliphatic hydroxyl groups is 1. The maximum absolute atomic E-state index is 15.8. The number of rotatable bonds is 15. The lowest BCUT2D eigenvalue weighted by atomic mass is 9.93. The van der Waals surface area contributed by atoms with Gasteiger partial charge in [-0.1, -0.05) is 179 Å². The topological polar surface area (TPSA) is 235 Å². The van der Waals surface area contributed by atoms with Gasteiger partial charge in [-0.05, 0) is 103 Å². The van der Waals surface area contributed by atoms with Crippen molar-refractivity contribution in [1.82, 2.24) is 40.4 Å². The van der Waals surface area contributed by atoms with Gasteiger partial charge in [-0.3, -0.25) is 38.4 Å². The van der Waals surface area contributed by atoms with Crippen LogP contribution in [0.1, 0.15) is 126 Å². The molecule has 4 N–H and O–H groups in total. The molecule has 4 aromatic rings. The van der Waals surface area contributed by atoms with Crippen LogP contribution in [0.2, 0.25) is 0 Å². The first-order valence-electron chi connectivity index (χ1n) is 32.4. The molecule has 19 heteroatoms. The summed E-state index contributed by atoms with van der Waals surface area (Å²) in [5, 5.41) is 20.7. The van der Waals surface area contributed by atoms with Gasteiger partial charge in [-0.2, -0.15) is 0 Å². The predicted molar refractivity (Wildman–Crippen MR) is 352 cm³/mol. The maximum atomic E-state index is 15.8. The zero-order chi connectivity index (χ0) is 67.3. The third-order valence-electron chi connectivity index (χ3n) is 18.2. The Kier molecular flexibility index (Phi) is 25.3. The normalized spacial score (nSPS) is 24.5. The fraction of sp³-hybridized carbons (Fsp3) is 0.542. The van der Waals surface area contributed by atoms with Crippen LogP contribution in [0.15, 0.2) is 109 Å². The molecule has 19 nitrogen and oxygen atoms in total. The minimum Gasteiger partial charge on any atom is -0.450 e. The van der Waals surface area contributed by atoms with Crippen molar-refractivity contribution in [3.63, 3.8) is 0 Å². The van der Waals surface area contributed by atoms with Crippen LogP contribution in [0.25, 0.3) is 22.3 Å². The summed E-state index contributed by atoms with van der Waals surface area (Å²) < 4.78 is 6.15. The van der Waals surface area contributed by atoms with Crippen LogP contribution in [-0.2, 0) is 60.7 Å². The lowest BCUT2D eigenvalue weighted by molar-refractivity contribution is -0.177. The largest absolute Gasteiger partial charge is 0.450 e. The van der Waals surface area contributed by atoms with Crippen LogP contribution in [0.3, 0.4) is 0 Å². The highest BCUT2D eigenvalue weighted by molar-refractivity contribution is 5.99. The number of hydrogen-bond acceptors (Lipinski definition) is 11. The van der Waals surface area contributed by atoms with Crippen LogP contribution in [-0.4, -0.2) is 178 Å². The molecule has 11 atom stereocenters. The molecule has 2 unspecified atom stereocenters. The molecule has 4 aromatic carbocycles.